The molecule has 0 aliphatic carbocycles. The highest BCUT2D eigenvalue weighted by Gasteiger charge is 2.29. The molecule has 2 aromatic carbocycles. The molecule has 1 atom stereocenters. The van der Waals surface area contributed by atoms with Crippen molar-refractivity contribution in [1.82, 2.24) is 0 Å². The largest absolute Gasteiger partial charge is 0.480 e. The lowest BCUT2D eigenvalue weighted by molar-refractivity contribution is -0.122. The molecule has 0 aromatic heterocycles. The highest BCUT2D eigenvalue weighted by Crippen LogP contribution is 2.31. The molecule has 0 saturated carbocycles. The second-order valence-corrected chi connectivity index (χ2v) is 5.30. The van der Waals surface area contributed by atoms with Gasteiger partial charge in [0.2, 0.25) is 0 Å². The van der Waals surface area contributed by atoms with Crippen LogP contribution in [0.4, 0.5) is 5.69 Å². The first kappa shape index (κ1) is 13.0. The molecule has 2 aromatic rings. The summed E-state index contributed by atoms with van der Waals surface area (Å²) in [6.07, 6.45) is 0.0521. The van der Waals surface area contributed by atoms with Crippen molar-refractivity contribution in [2.24, 2.45) is 0 Å². The van der Waals surface area contributed by atoms with Crippen molar-refractivity contribution in [3.63, 3.8) is 0 Å². The summed E-state index contributed by atoms with van der Waals surface area (Å²) in [7, 11) is 0. The molecule has 3 nitrogen and oxygen atoms in total. The second-order valence-electron chi connectivity index (χ2n) is 4.87. The van der Waals surface area contributed by atoms with E-state index in [1.807, 2.05) is 37.3 Å². The number of para-hydroxylation sites is 1. The Hall–Kier alpha value is -2.00. The van der Waals surface area contributed by atoms with Gasteiger partial charge in [-0.15, -0.1) is 0 Å². The van der Waals surface area contributed by atoms with Crippen molar-refractivity contribution in [2.75, 3.05) is 5.32 Å². The lowest BCUT2D eigenvalue weighted by atomic mass is 10.1. The van der Waals surface area contributed by atoms with Gasteiger partial charge in [0.1, 0.15) is 5.75 Å². The molecule has 0 fully saturated rings. The van der Waals surface area contributed by atoms with Crippen molar-refractivity contribution in [2.45, 2.75) is 19.4 Å². The first-order valence-corrected chi connectivity index (χ1v) is 6.83. The Morgan fingerprint density at radius 1 is 1.30 bits per heavy atom. The lowest BCUT2D eigenvalue weighted by Gasteiger charge is -2.12. The second kappa shape index (κ2) is 5.17. The summed E-state index contributed by atoms with van der Waals surface area (Å²) in [4.78, 5) is 12.3. The topological polar surface area (TPSA) is 38.3 Å². The number of hydrogen-bond donors (Lipinski definition) is 1. The third-order valence-electron chi connectivity index (χ3n) is 3.39. The zero-order valence-electron chi connectivity index (χ0n) is 11.0. The molecule has 0 radical (unpaired) electrons. The van der Waals surface area contributed by atoms with Crippen molar-refractivity contribution < 1.29 is 9.53 Å². The Labute approximate surface area is 122 Å². The van der Waals surface area contributed by atoms with Crippen LogP contribution in [-0.4, -0.2) is 12.0 Å². The minimum atomic E-state index is -0.497. The summed E-state index contributed by atoms with van der Waals surface area (Å²) in [6, 6.07) is 13.1. The van der Waals surface area contributed by atoms with Crippen molar-refractivity contribution in [3.8, 4) is 5.75 Å². The number of ether oxygens (including phenoxy) is 1. The molecular weight excluding hydrogens is 274 g/mol. The third kappa shape index (κ3) is 2.49. The number of carbonyl (C=O) groups is 1. The van der Waals surface area contributed by atoms with Crippen LogP contribution in [0, 0.1) is 6.92 Å². The minimum Gasteiger partial charge on any atom is -0.480 e. The van der Waals surface area contributed by atoms with Gasteiger partial charge in [0.05, 0.1) is 0 Å². The molecular formula is C16H14ClNO2. The van der Waals surface area contributed by atoms with E-state index >= 15 is 0 Å². The normalized spacial score (nSPS) is 16.4. The molecule has 4 heteroatoms. The van der Waals surface area contributed by atoms with E-state index in [1.54, 1.807) is 12.1 Å². The summed E-state index contributed by atoms with van der Waals surface area (Å²) < 4.78 is 5.67. The van der Waals surface area contributed by atoms with E-state index in [0.29, 0.717) is 11.4 Å². The van der Waals surface area contributed by atoms with Gasteiger partial charge in [-0.2, -0.15) is 0 Å². The smallest absolute Gasteiger partial charge is 0.265 e. The molecule has 3 rings (SSSR count). The van der Waals surface area contributed by atoms with Gasteiger partial charge in [-0.05, 0) is 42.3 Å². The minimum absolute atomic E-state index is 0.133. The number of benzene rings is 2. The van der Waals surface area contributed by atoms with E-state index < -0.39 is 6.10 Å². The number of halogens is 1. The van der Waals surface area contributed by atoms with Crippen LogP contribution in [0.5, 0.6) is 5.75 Å². The Morgan fingerprint density at radius 2 is 2.10 bits per heavy atom. The summed E-state index contributed by atoms with van der Waals surface area (Å²) in [5, 5.41) is 3.56. The SMILES string of the molecule is Cc1ccccc1NC(=O)[C@@H]1Cc2cc(Cl)ccc2O1. The number of nitrogens with one attached hydrogen (secondary N) is 1. The van der Waals surface area contributed by atoms with Gasteiger partial charge in [0.25, 0.3) is 5.91 Å². The van der Waals surface area contributed by atoms with Crippen LogP contribution < -0.4 is 10.1 Å². The molecule has 1 aliphatic heterocycles. The molecule has 1 amide bonds. The van der Waals surface area contributed by atoms with E-state index in [1.165, 1.54) is 0 Å². The zero-order valence-corrected chi connectivity index (χ0v) is 11.8. The fourth-order valence-corrected chi connectivity index (χ4v) is 2.48. The maximum absolute atomic E-state index is 12.3. The first-order chi connectivity index (χ1) is 9.63. The van der Waals surface area contributed by atoms with Crippen LogP contribution in [0.15, 0.2) is 42.5 Å². The monoisotopic (exact) mass is 287 g/mol. The van der Waals surface area contributed by atoms with Crippen LogP contribution >= 0.6 is 11.6 Å². The number of amides is 1. The van der Waals surface area contributed by atoms with Gasteiger partial charge in [-0.3, -0.25) is 4.79 Å². The van der Waals surface area contributed by atoms with E-state index in [4.69, 9.17) is 16.3 Å². The summed E-state index contributed by atoms with van der Waals surface area (Å²) >= 11 is 5.95. The molecule has 1 aliphatic rings. The maximum atomic E-state index is 12.3. The van der Waals surface area contributed by atoms with Crippen molar-refractivity contribution in [1.29, 1.82) is 0 Å². The predicted octanol–water partition coefficient (Wildman–Crippen LogP) is 3.59. The van der Waals surface area contributed by atoms with Crippen molar-refractivity contribution >= 4 is 23.2 Å². The molecule has 0 saturated heterocycles. The van der Waals surface area contributed by atoms with Gasteiger partial charge in [-0.1, -0.05) is 29.8 Å². The quantitative estimate of drug-likeness (QED) is 0.917. The zero-order chi connectivity index (χ0) is 14.1. The average molecular weight is 288 g/mol. The van der Waals surface area contributed by atoms with E-state index in [2.05, 4.69) is 5.32 Å². The highest BCUT2D eigenvalue weighted by atomic mass is 35.5. The van der Waals surface area contributed by atoms with Crippen LogP contribution in [0.3, 0.4) is 0 Å². The Morgan fingerprint density at radius 3 is 2.90 bits per heavy atom. The van der Waals surface area contributed by atoms with E-state index in [0.717, 1.165) is 22.6 Å². The molecule has 1 N–H and O–H groups in total. The number of anilines is 1. The third-order valence-corrected chi connectivity index (χ3v) is 3.63. The Balaban J connectivity index is 1.73. The van der Waals surface area contributed by atoms with E-state index in [9.17, 15) is 4.79 Å². The number of carbonyl (C=O) groups excluding carboxylic acids is 1. The summed E-state index contributed by atoms with van der Waals surface area (Å²) in [5.41, 5.74) is 2.82. The van der Waals surface area contributed by atoms with Gasteiger partial charge < -0.3 is 10.1 Å². The molecule has 20 heavy (non-hydrogen) atoms. The predicted molar refractivity (Wildman–Crippen MR) is 79.4 cm³/mol. The Bertz CT molecular complexity index is 669. The molecule has 0 unspecified atom stereocenters. The number of aryl methyl sites for hydroxylation is 1. The number of hydrogen-bond acceptors (Lipinski definition) is 2. The first-order valence-electron chi connectivity index (χ1n) is 6.45. The van der Waals surface area contributed by atoms with Gasteiger partial charge in [-0.25, -0.2) is 0 Å². The fraction of sp³-hybridized carbons (Fsp3) is 0.188. The highest BCUT2D eigenvalue weighted by molar-refractivity contribution is 6.30. The van der Waals surface area contributed by atoms with E-state index in [-0.39, 0.29) is 5.91 Å². The standard InChI is InChI=1S/C16H14ClNO2/c1-10-4-2-3-5-13(10)18-16(19)15-9-11-8-12(17)6-7-14(11)20-15/h2-8,15H,9H2,1H3,(H,18,19)/t15-/m0/s1. The maximum Gasteiger partial charge on any atom is 0.265 e. The summed E-state index contributed by atoms with van der Waals surface area (Å²) in [5.74, 6) is 0.603. The van der Waals surface area contributed by atoms with Gasteiger partial charge >= 0.3 is 0 Å². The van der Waals surface area contributed by atoms with Crippen LogP contribution in [-0.2, 0) is 11.2 Å². The van der Waals surface area contributed by atoms with Gasteiger partial charge in [0, 0.05) is 17.1 Å². The van der Waals surface area contributed by atoms with Crippen LogP contribution in [0.2, 0.25) is 5.02 Å². The molecule has 1 heterocycles. The average Bonchev–Trinajstić information content (AvgIpc) is 2.84. The van der Waals surface area contributed by atoms with Crippen molar-refractivity contribution in [3.05, 3.63) is 58.6 Å². The van der Waals surface area contributed by atoms with Gasteiger partial charge in [0.15, 0.2) is 6.10 Å². The Kier molecular flexibility index (Phi) is 3.36. The van der Waals surface area contributed by atoms with Crippen LogP contribution in [0.25, 0.3) is 0 Å². The number of fused-ring (bicyclic) bond motifs is 1. The summed E-state index contributed by atoms with van der Waals surface area (Å²) in [6.45, 7) is 1.96. The number of rotatable bonds is 2. The molecule has 102 valence electrons. The molecule has 0 bridgehead atoms. The fourth-order valence-electron chi connectivity index (χ4n) is 2.29. The van der Waals surface area contributed by atoms with Crippen LogP contribution in [0.1, 0.15) is 11.1 Å². The molecule has 0 spiro atoms. The lowest BCUT2D eigenvalue weighted by Crippen LogP contribution is -2.31.